The lowest BCUT2D eigenvalue weighted by atomic mass is 9.97. The van der Waals surface area contributed by atoms with Crippen molar-refractivity contribution in [1.29, 1.82) is 0 Å². The molecule has 1 aliphatic rings. The average molecular weight is 560 g/mol. The molecule has 0 aromatic heterocycles. The third kappa shape index (κ3) is 9.23. The SMILES string of the molecule is CN=C(NCCCN(C(C)C)C(C)C)NCC(C(=O)N1CCOCC1)c1ccccc1.I. The third-order valence-corrected chi connectivity index (χ3v) is 5.73. The van der Waals surface area contributed by atoms with Gasteiger partial charge < -0.3 is 20.3 Å². The zero-order valence-corrected chi connectivity index (χ0v) is 22.7. The van der Waals surface area contributed by atoms with Crippen LogP contribution in [-0.4, -0.2) is 86.7 Å². The number of guanidine groups is 1. The number of carbonyl (C=O) groups is 1. The maximum absolute atomic E-state index is 13.2. The van der Waals surface area contributed by atoms with Gasteiger partial charge in [0.05, 0.1) is 19.1 Å². The minimum Gasteiger partial charge on any atom is -0.378 e. The van der Waals surface area contributed by atoms with Crippen molar-refractivity contribution >= 4 is 35.8 Å². The fourth-order valence-electron chi connectivity index (χ4n) is 4.04. The molecule has 0 spiro atoms. The Morgan fingerprint density at radius 2 is 1.72 bits per heavy atom. The van der Waals surface area contributed by atoms with E-state index in [1.54, 1.807) is 7.05 Å². The van der Waals surface area contributed by atoms with E-state index < -0.39 is 0 Å². The molecule has 7 nitrogen and oxygen atoms in total. The van der Waals surface area contributed by atoms with Gasteiger partial charge in [0.15, 0.2) is 5.96 Å². The largest absolute Gasteiger partial charge is 0.378 e. The summed E-state index contributed by atoms with van der Waals surface area (Å²) in [6, 6.07) is 11.1. The Balaban J connectivity index is 0.00000512. The van der Waals surface area contributed by atoms with Crippen LogP contribution in [0.2, 0.25) is 0 Å². The summed E-state index contributed by atoms with van der Waals surface area (Å²) in [5, 5.41) is 6.76. The van der Waals surface area contributed by atoms with E-state index in [0.29, 0.717) is 44.9 Å². The van der Waals surface area contributed by atoms with Crippen molar-refractivity contribution in [3.63, 3.8) is 0 Å². The van der Waals surface area contributed by atoms with Gasteiger partial charge in [-0.3, -0.25) is 14.7 Å². The molecule has 182 valence electrons. The summed E-state index contributed by atoms with van der Waals surface area (Å²) in [5.74, 6) is 0.619. The monoisotopic (exact) mass is 559 g/mol. The van der Waals surface area contributed by atoms with Crippen LogP contribution >= 0.6 is 24.0 Å². The fourth-order valence-corrected chi connectivity index (χ4v) is 4.04. The molecule has 0 radical (unpaired) electrons. The minimum atomic E-state index is -0.254. The van der Waals surface area contributed by atoms with E-state index in [4.69, 9.17) is 4.74 Å². The van der Waals surface area contributed by atoms with Gasteiger partial charge >= 0.3 is 0 Å². The molecular formula is C24H42IN5O2. The van der Waals surface area contributed by atoms with E-state index in [2.05, 4.69) is 48.2 Å². The Hall–Kier alpha value is -1.39. The molecule has 32 heavy (non-hydrogen) atoms. The number of aliphatic imine (C=N–C) groups is 1. The second-order valence-electron chi connectivity index (χ2n) is 8.56. The van der Waals surface area contributed by atoms with Gasteiger partial charge in [0, 0.05) is 51.9 Å². The summed E-state index contributed by atoms with van der Waals surface area (Å²) in [5.41, 5.74) is 1.02. The Morgan fingerprint density at radius 1 is 1.09 bits per heavy atom. The lowest BCUT2D eigenvalue weighted by molar-refractivity contribution is -0.136. The first-order valence-corrected chi connectivity index (χ1v) is 11.6. The van der Waals surface area contributed by atoms with Crippen molar-refractivity contribution in [1.82, 2.24) is 20.4 Å². The number of benzene rings is 1. The number of amides is 1. The standard InChI is InChI=1S/C24H41N5O2.HI/c1-19(2)29(20(3)4)13-9-12-26-24(25-5)27-18-22(21-10-7-6-8-11-21)23(30)28-14-16-31-17-15-28;/h6-8,10-11,19-20,22H,9,12-18H2,1-5H3,(H2,25,26,27);1H. The molecule has 1 aromatic carbocycles. The molecule has 2 N–H and O–H groups in total. The molecule has 1 amide bonds. The predicted octanol–water partition coefficient (Wildman–Crippen LogP) is 2.92. The topological polar surface area (TPSA) is 69.2 Å². The summed E-state index contributed by atoms with van der Waals surface area (Å²) in [7, 11) is 1.77. The highest BCUT2D eigenvalue weighted by Gasteiger charge is 2.27. The zero-order chi connectivity index (χ0) is 22.6. The van der Waals surface area contributed by atoms with Crippen LogP contribution in [0.25, 0.3) is 0 Å². The summed E-state index contributed by atoms with van der Waals surface area (Å²) >= 11 is 0. The average Bonchev–Trinajstić information content (AvgIpc) is 2.78. The first-order valence-electron chi connectivity index (χ1n) is 11.6. The smallest absolute Gasteiger partial charge is 0.232 e. The minimum absolute atomic E-state index is 0. The van der Waals surface area contributed by atoms with Gasteiger partial charge in [0.2, 0.25) is 5.91 Å². The molecule has 0 aliphatic carbocycles. The van der Waals surface area contributed by atoms with Crippen LogP contribution < -0.4 is 10.6 Å². The fraction of sp³-hybridized carbons (Fsp3) is 0.667. The van der Waals surface area contributed by atoms with Gasteiger partial charge in [-0.2, -0.15) is 0 Å². The second kappa shape index (κ2) is 15.4. The van der Waals surface area contributed by atoms with Crippen molar-refractivity contribution in [3.8, 4) is 0 Å². The number of hydrogen-bond acceptors (Lipinski definition) is 4. The lowest BCUT2D eigenvalue weighted by Gasteiger charge is -2.31. The molecule has 8 heteroatoms. The molecule has 1 heterocycles. The molecular weight excluding hydrogens is 517 g/mol. The highest BCUT2D eigenvalue weighted by atomic mass is 127. The first-order chi connectivity index (χ1) is 14.9. The van der Waals surface area contributed by atoms with Crippen LogP contribution in [0.15, 0.2) is 35.3 Å². The van der Waals surface area contributed by atoms with E-state index in [9.17, 15) is 4.79 Å². The number of nitrogens with zero attached hydrogens (tertiary/aromatic N) is 3. The van der Waals surface area contributed by atoms with Gasteiger partial charge in [-0.1, -0.05) is 30.3 Å². The number of carbonyl (C=O) groups excluding carboxylic acids is 1. The van der Waals surface area contributed by atoms with Crippen LogP contribution in [0.3, 0.4) is 0 Å². The Bertz CT molecular complexity index is 670. The molecule has 0 bridgehead atoms. The maximum Gasteiger partial charge on any atom is 0.232 e. The Labute approximate surface area is 211 Å². The maximum atomic E-state index is 13.2. The van der Waals surface area contributed by atoms with Crippen molar-refractivity contribution in [2.75, 3.05) is 53.0 Å². The number of halogens is 1. The lowest BCUT2D eigenvalue weighted by Crippen LogP contribution is -2.47. The highest BCUT2D eigenvalue weighted by molar-refractivity contribution is 14.0. The van der Waals surface area contributed by atoms with Crippen molar-refractivity contribution in [2.24, 2.45) is 4.99 Å². The quantitative estimate of drug-likeness (QED) is 0.200. The molecule has 1 unspecified atom stereocenters. The number of nitrogens with one attached hydrogen (secondary N) is 2. The summed E-state index contributed by atoms with van der Waals surface area (Å²) in [6.45, 7) is 13.9. The number of rotatable bonds is 10. The molecule has 1 fully saturated rings. The van der Waals surface area contributed by atoms with Crippen LogP contribution in [0, 0.1) is 0 Å². The van der Waals surface area contributed by atoms with E-state index in [1.807, 2.05) is 35.2 Å². The van der Waals surface area contributed by atoms with Crippen LogP contribution in [0.5, 0.6) is 0 Å². The molecule has 1 atom stereocenters. The van der Waals surface area contributed by atoms with Crippen LogP contribution in [-0.2, 0) is 9.53 Å². The number of ether oxygens (including phenoxy) is 1. The van der Waals surface area contributed by atoms with Gasteiger partial charge in [0.25, 0.3) is 0 Å². The molecule has 1 aromatic rings. The summed E-state index contributed by atoms with van der Waals surface area (Å²) in [6.07, 6.45) is 1.03. The number of morpholine rings is 1. The van der Waals surface area contributed by atoms with Gasteiger partial charge in [-0.25, -0.2) is 0 Å². The van der Waals surface area contributed by atoms with Crippen LogP contribution in [0.4, 0.5) is 0 Å². The summed E-state index contributed by atoms with van der Waals surface area (Å²) in [4.78, 5) is 22.0. The van der Waals surface area contributed by atoms with Crippen molar-refractivity contribution in [3.05, 3.63) is 35.9 Å². The zero-order valence-electron chi connectivity index (χ0n) is 20.3. The van der Waals surface area contributed by atoms with Gasteiger partial charge in [0.1, 0.15) is 0 Å². The third-order valence-electron chi connectivity index (χ3n) is 5.73. The second-order valence-corrected chi connectivity index (χ2v) is 8.56. The predicted molar refractivity (Wildman–Crippen MR) is 143 cm³/mol. The Morgan fingerprint density at radius 3 is 2.28 bits per heavy atom. The van der Waals surface area contributed by atoms with Crippen molar-refractivity contribution in [2.45, 2.75) is 52.1 Å². The van der Waals surface area contributed by atoms with Crippen LogP contribution in [0.1, 0.15) is 45.6 Å². The molecule has 0 saturated carbocycles. The molecule has 1 aliphatic heterocycles. The number of hydrogen-bond donors (Lipinski definition) is 2. The highest BCUT2D eigenvalue weighted by Crippen LogP contribution is 2.18. The Kier molecular flexibility index (Phi) is 13.8. The molecule has 2 rings (SSSR count). The normalized spacial score (nSPS) is 15.6. The van der Waals surface area contributed by atoms with E-state index >= 15 is 0 Å². The van der Waals surface area contributed by atoms with Gasteiger partial charge in [-0.15, -0.1) is 24.0 Å². The van der Waals surface area contributed by atoms with Crippen molar-refractivity contribution < 1.29 is 9.53 Å². The van der Waals surface area contributed by atoms with Gasteiger partial charge in [-0.05, 0) is 39.7 Å². The van der Waals surface area contributed by atoms with E-state index in [0.717, 1.165) is 31.0 Å². The summed E-state index contributed by atoms with van der Waals surface area (Å²) < 4.78 is 5.41. The van der Waals surface area contributed by atoms with E-state index in [-0.39, 0.29) is 35.8 Å². The van der Waals surface area contributed by atoms with E-state index in [1.165, 1.54) is 0 Å². The first kappa shape index (κ1) is 28.6. The molecule has 1 saturated heterocycles.